The summed E-state index contributed by atoms with van der Waals surface area (Å²) >= 11 is 1.87. The van der Waals surface area contributed by atoms with E-state index in [-0.39, 0.29) is 11.2 Å². The lowest BCUT2D eigenvalue weighted by molar-refractivity contribution is 0.290. The van der Waals surface area contributed by atoms with Crippen LogP contribution in [0.3, 0.4) is 0 Å². The maximum absolute atomic E-state index is 6.12. The lowest BCUT2D eigenvalue weighted by Crippen LogP contribution is -2.21. The summed E-state index contributed by atoms with van der Waals surface area (Å²) in [6.07, 6.45) is 0. The zero-order chi connectivity index (χ0) is 14.2. The zero-order valence-electron chi connectivity index (χ0n) is 12.2. The van der Waals surface area contributed by atoms with Gasteiger partial charge in [0.1, 0.15) is 5.60 Å². The van der Waals surface area contributed by atoms with E-state index in [2.05, 4.69) is 75.4 Å². The largest absolute Gasteiger partial charge is 0.357 e. The van der Waals surface area contributed by atoms with E-state index in [9.17, 15) is 0 Å². The topological polar surface area (TPSA) is 12.5 Å². The van der Waals surface area contributed by atoms with Crippen molar-refractivity contribution in [2.45, 2.75) is 36.9 Å². The summed E-state index contributed by atoms with van der Waals surface area (Å²) in [5, 5.41) is 0. The number of aryl methyl sites for hydroxylation is 1. The molecule has 0 aliphatic carbocycles. The minimum Gasteiger partial charge on any atom is -0.357 e. The average molecular weight is 284 g/mol. The number of ether oxygens (including phenoxy) is 1. The monoisotopic (exact) mass is 284 g/mol. The second kappa shape index (κ2) is 4.94. The van der Waals surface area contributed by atoms with Gasteiger partial charge in [-0.15, -0.1) is 11.8 Å². The third kappa shape index (κ3) is 2.38. The van der Waals surface area contributed by atoms with Crippen LogP contribution in [-0.2, 0) is 10.3 Å². The number of hydrogen-bond acceptors (Lipinski definition) is 2. The van der Waals surface area contributed by atoms with Gasteiger partial charge >= 0.3 is 0 Å². The smallest absolute Gasteiger partial charge is 0.132 e. The Bertz CT molecular complexity index is 589. The van der Waals surface area contributed by atoms with Gasteiger partial charge in [-0.2, -0.15) is 0 Å². The quantitative estimate of drug-likeness (QED) is 0.591. The summed E-state index contributed by atoms with van der Waals surface area (Å²) in [6.45, 7) is 6.48. The minimum absolute atomic E-state index is 0.0793. The Kier molecular flexibility index (Phi) is 3.39. The normalized spacial score (nSPS) is 23.6. The van der Waals surface area contributed by atoms with Gasteiger partial charge in [-0.25, -0.2) is 0 Å². The van der Waals surface area contributed by atoms with Crippen molar-refractivity contribution in [3.8, 4) is 0 Å². The Morgan fingerprint density at radius 2 is 1.55 bits per heavy atom. The highest BCUT2D eigenvalue weighted by Gasteiger charge is 2.64. The first-order valence-corrected chi connectivity index (χ1v) is 7.97. The molecule has 1 heterocycles. The Morgan fingerprint density at radius 1 is 0.950 bits per heavy atom. The van der Waals surface area contributed by atoms with E-state index in [1.807, 2.05) is 11.8 Å². The van der Waals surface area contributed by atoms with Crippen molar-refractivity contribution in [3.05, 3.63) is 65.7 Å². The lowest BCUT2D eigenvalue weighted by Gasteiger charge is -2.16. The molecule has 1 saturated heterocycles. The standard InChI is InChI=1S/C18H20OS/c1-14-9-11-15(12-10-14)18(17(2,3)19-18)13-20-16-7-5-4-6-8-16/h4-12H,13H2,1-3H3. The first-order chi connectivity index (χ1) is 9.53. The first kappa shape index (κ1) is 13.7. The number of benzene rings is 2. The van der Waals surface area contributed by atoms with Crippen LogP contribution in [0, 0.1) is 6.92 Å². The molecule has 2 aromatic carbocycles. The van der Waals surface area contributed by atoms with Crippen LogP contribution >= 0.6 is 11.8 Å². The van der Waals surface area contributed by atoms with Crippen LogP contribution in [-0.4, -0.2) is 11.4 Å². The maximum Gasteiger partial charge on any atom is 0.132 e. The van der Waals surface area contributed by atoms with E-state index in [1.54, 1.807) is 0 Å². The molecule has 0 spiro atoms. The van der Waals surface area contributed by atoms with Crippen LogP contribution in [0.2, 0.25) is 0 Å². The Morgan fingerprint density at radius 3 is 2.10 bits per heavy atom. The third-order valence-corrected chi connectivity index (χ3v) is 5.22. The van der Waals surface area contributed by atoms with Crippen molar-refractivity contribution in [2.24, 2.45) is 0 Å². The molecular weight excluding hydrogens is 264 g/mol. The molecule has 0 radical (unpaired) electrons. The molecule has 20 heavy (non-hydrogen) atoms. The van der Waals surface area contributed by atoms with Gasteiger partial charge in [0, 0.05) is 10.6 Å². The molecule has 1 unspecified atom stereocenters. The molecule has 1 atom stereocenters. The molecule has 1 aliphatic rings. The highest BCUT2D eigenvalue weighted by molar-refractivity contribution is 7.99. The van der Waals surface area contributed by atoms with Gasteiger partial charge in [-0.3, -0.25) is 0 Å². The number of hydrogen-bond donors (Lipinski definition) is 0. The second-order valence-corrected chi connectivity index (χ2v) is 6.96. The van der Waals surface area contributed by atoms with Gasteiger partial charge in [-0.1, -0.05) is 48.0 Å². The summed E-state index contributed by atoms with van der Waals surface area (Å²) in [7, 11) is 0. The molecule has 2 heteroatoms. The van der Waals surface area contributed by atoms with E-state index in [0.717, 1.165) is 5.75 Å². The van der Waals surface area contributed by atoms with Crippen LogP contribution in [0.4, 0.5) is 0 Å². The first-order valence-electron chi connectivity index (χ1n) is 6.99. The van der Waals surface area contributed by atoms with Gasteiger partial charge in [0.05, 0.1) is 5.60 Å². The molecular formula is C18H20OS. The molecule has 0 aromatic heterocycles. The fraction of sp³-hybridized carbons (Fsp3) is 0.333. The predicted octanol–water partition coefficient (Wildman–Crippen LogP) is 4.79. The molecule has 1 nitrogen and oxygen atoms in total. The lowest BCUT2D eigenvalue weighted by atomic mass is 9.90. The van der Waals surface area contributed by atoms with Crippen LogP contribution in [0.25, 0.3) is 0 Å². The van der Waals surface area contributed by atoms with Crippen molar-refractivity contribution in [1.82, 2.24) is 0 Å². The van der Waals surface area contributed by atoms with Crippen LogP contribution in [0.5, 0.6) is 0 Å². The molecule has 3 rings (SSSR count). The molecule has 1 fully saturated rings. The van der Waals surface area contributed by atoms with Gasteiger partial charge in [0.25, 0.3) is 0 Å². The van der Waals surface area contributed by atoms with E-state index in [1.165, 1.54) is 16.0 Å². The van der Waals surface area contributed by atoms with Crippen molar-refractivity contribution >= 4 is 11.8 Å². The number of rotatable bonds is 4. The highest BCUT2D eigenvalue weighted by Crippen LogP contribution is 2.57. The van der Waals surface area contributed by atoms with Crippen LogP contribution in [0.1, 0.15) is 25.0 Å². The summed E-state index contributed by atoms with van der Waals surface area (Å²) < 4.78 is 6.12. The zero-order valence-corrected chi connectivity index (χ0v) is 13.0. The Balaban J connectivity index is 1.81. The predicted molar refractivity (Wildman–Crippen MR) is 85.2 cm³/mol. The molecule has 2 aromatic rings. The summed E-state index contributed by atoms with van der Waals surface area (Å²) in [4.78, 5) is 1.30. The van der Waals surface area contributed by atoms with Crippen LogP contribution in [0.15, 0.2) is 59.5 Å². The highest BCUT2D eigenvalue weighted by atomic mass is 32.2. The maximum atomic E-state index is 6.12. The second-order valence-electron chi connectivity index (χ2n) is 5.91. The van der Waals surface area contributed by atoms with Crippen molar-refractivity contribution in [2.75, 3.05) is 5.75 Å². The average Bonchev–Trinajstić information content (AvgIpc) is 3.02. The molecule has 1 aliphatic heterocycles. The van der Waals surface area contributed by atoms with Gasteiger partial charge in [0.15, 0.2) is 0 Å². The summed E-state index contributed by atoms with van der Waals surface area (Å²) in [5.74, 6) is 0.951. The fourth-order valence-electron chi connectivity index (χ4n) is 2.63. The molecule has 0 bridgehead atoms. The van der Waals surface area contributed by atoms with E-state index in [0.29, 0.717) is 0 Å². The number of thioether (sulfide) groups is 1. The Labute approximate surface area is 125 Å². The molecule has 0 amide bonds. The van der Waals surface area contributed by atoms with E-state index in [4.69, 9.17) is 4.74 Å². The third-order valence-electron chi connectivity index (χ3n) is 4.06. The SMILES string of the molecule is Cc1ccc(C2(CSc3ccccc3)OC2(C)C)cc1. The van der Waals surface area contributed by atoms with Crippen molar-refractivity contribution in [1.29, 1.82) is 0 Å². The summed E-state index contributed by atoms with van der Waals surface area (Å²) in [5.41, 5.74) is 2.35. The van der Waals surface area contributed by atoms with Gasteiger partial charge in [-0.05, 0) is 38.5 Å². The minimum atomic E-state index is -0.152. The van der Waals surface area contributed by atoms with E-state index >= 15 is 0 Å². The fourth-order valence-corrected chi connectivity index (χ4v) is 3.92. The number of epoxide rings is 1. The van der Waals surface area contributed by atoms with Gasteiger partial charge < -0.3 is 4.74 Å². The van der Waals surface area contributed by atoms with Gasteiger partial charge in [0.2, 0.25) is 0 Å². The van der Waals surface area contributed by atoms with Crippen molar-refractivity contribution < 1.29 is 4.74 Å². The molecule has 0 saturated carbocycles. The molecule has 104 valence electrons. The van der Waals surface area contributed by atoms with Crippen molar-refractivity contribution in [3.63, 3.8) is 0 Å². The molecule has 0 N–H and O–H groups in total. The Hall–Kier alpha value is -1.25. The summed E-state index contributed by atoms with van der Waals surface area (Å²) in [6, 6.07) is 19.3. The van der Waals surface area contributed by atoms with Crippen LogP contribution < -0.4 is 0 Å². The van der Waals surface area contributed by atoms with E-state index < -0.39 is 0 Å².